The minimum absolute atomic E-state index is 0.000122. The Hall–Kier alpha value is -2.52. The van der Waals surface area contributed by atoms with Crippen LogP contribution in [0.15, 0.2) is 36.2 Å². The Morgan fingerprint density at radius 2 is 2.39 bits per heavy atom. The lowest BCUT2D eigenvalue weighted by atomic mass is 9.79. The molecule has 1 unspecified atom stereocenters. The van der Waals surface area contributed by atoms with Gasteiger partial charge < -0.3 is 4.98 Å². The minimum Gasteiger partial charge on any atom is -0.338 e. The molecule has 0 fully saturated rings. The quantitative estimate of drug-likeness (QED) is 0.756. The van der Waals surface area contributed by atoms with E-state index in [0.29, 0.717) is 17.8 Å². The molecule has 1 atom stereocenters. The number of terminal acetylenes is 1. The molecule has 0 radical (unpaired) electrons. The van der Waals surface area contributed by atoms with Crippen LogP contribution in [0.3, 0.4) is 0 Å². The molecule has 2 rings (SSSR count). The third-order valence-electron chi connectivity index (χ3n) is 2.75. The van der Waals surface area contributed by atoms with E-state index in [-0.39, 0.29) is 5.78 Å². The topological polar surface area (TPSA) is 45.8 Å². The molecule has 1 aliphatic carbocycles. The van der Waals surface area contributed by atoms with E-state index in [9.17, 15) is 4.79 Å². The number of hydrogen-bond acceptors (Lipinski definition) is 2. The number of carbonyl (C=O) groups is 1. The van der Waals surface area contributed by atoms with Crippen molar-refractivity contribution >= 4 is 5.78 Å². The van der Waals surface area contributed by atoms with E-state index in [4.69, 9.17) is 6.42 Å². The highest BCUT2D eigenvalue weighted by atomic mass is 16.1. The third kappa shape index (κ3) is 2.42. The van der Waals surface area contributed by atoms with E-state index in [1.807, 2.05) is 0 Å². The normalized spacial score (nSPS) is 21.8. The number of nitrogens with one attached hydrogen (secondary N) is 1. The zero-order valence-electron chi connectivity index (χ0n) is 10.0. The maximum atomic E-state index is 11.4. The number of H-pyrrole nitrogens is 1. The molecule has 0 aliphatic heterocycles. The van der Waals surface area contributed by atoms with Crippen LogP contribution in [0.4, 0.5) is 0 Å². The molecular weight excluding hydrogens is 224 g/mol. The molecule has 0 aromatic carbocycles. The SMILES string of the molecule is C#CC1(CC#Cc2ncc[nH]2)C=CC(=O)C(C)=C1. The van der Waals surface area contributed by atoms with Crippen molar-refractivity contribution in [3.8, 4) is 24.2 Å². The smallest absolute Gasteiger partial charge is 0.182 e. The van der Waals surface area contributed by atoms with Gasteiger partial charge in [0.2, 0.25) is 0 Å². The number of aromatic nitrogens is 2. The monoisotopic (exact) mass is 236 g/mol. The molecule has 0 saturated carbocycles. The Balaban J connectivity index is 2.19. The predicted octanol–water partition coefficient (Wildman–Crippen LogP) is 1.86. The molecule has 88 valence electrons. The van der Waals surface area contributed by atoms with E-state index < -0.39 is 5.41 Å². The second kappa shape index (κ2) is 4.77. The van der Waals surface area contributed by atoms with Crippen molar-refractivity contribution in [3.05, 3.63) is 42.0 Å². The van der Waals surface area contributed by atoms with Crippen LogP contribution in [0.5, 0.6) is 0 Å². The van der Waals surface area contributed by atoms with Gasteiger partial charge in [0.25, 0.3) is 0 Å². The highest BCUT2D eigenvalue weighted by Gasteiger charge is 2.25. The summed E-state index contributed by atoms with van der Waals surface area (Å²) in [5.41, 5.74) is 0.0765. The lowest BCUT2D eigenvalue weighted by Gasteiger charge is -2.21. The molecule has 1 aliphatic rings. The molecule has 3 heteroatoms. The molecule has 3 nitrogen and oxygen atoms in total. The highest BCUT2D eigenvalue weighted by molar-refractivity contribution is 6.04. The number of ketones is 1. The number of carbonyl (C=O) groups excluding carboxylic acids is 1. The van der Waals surface area contributed by atoms with Crippen LogP contribution in [0, 0.1) is 29.6 Å². The Morgan fingerprint density at radius 3 is 3.00 bits per heavy atom. The first-order valence-corrected chi connectivity index (χ1v) is 5.54. The first-order valence-electron chi connectivity index (χ1n) is 5.54. The van der Waals surface area contributed by atoms with E-state index >= 15 is 0 Å². The number of allylic oxidation sites excluding steroid dienone is 4. The van der Waals surface area contributed by atoms with E-state index in [0.717, 1.165) is 0 Å². The van der Waals surface area contributed by atoms with Gasteiger partial charge in [0.1, 0.15) is 0 Å². The third-order valence-corrected chi connectivity index (χ3v) is 2.75. The van der Waals surface area contributed by atoms with E-state index in [1.54, 1.807) is 31.5 Å². The Kier molecular flexibility index (Phi) is 3.17. The molecule has 1 heterocycles. The van der Waals surface area contributed by atoms with Gasteiger partial charge >= 0.3 is 0 Å². The summed E-state index contributed by atoms with van der Waals surface area (Å²) in [6, 6.07) is 0. The van der Waals surface area contributed by atoms with Gasteiger partial charge in [-0.15, -0.1) is 6.42 Å². The fourth-order valence-corrected chi connectivity index (χ4v) is 1.72. The summed E-state index contributed by atoms with van der Waals surface area (Å²) in [6.45, 7) is 1.76. The molecule has 0 bridgehead atoms. The van der Waals surface area contributed by atoms with Crippen LogP contribution in [0.1, 0.15) is 19.2 Å². The molecule has 1 aromatic heterocycles. The number of imidazole rings is 1. The maximum Gasteiger partial charge on any atom is 0.182 e. The molecule has 1 N–H and O–H groups in total. The van der Waals surface area contributed by atoms with Gasteiger partial charge in [0.05, 0.1) is 5.41 Å². The number of rotatable bonds is 1. The van der Waals surface area contributed by atoms with Crippen molar-refractivity contribution in [1.82, 2.24) is 9.97 Å². The maximum absolute atomic E-state index is 11.4. The van der Waals surface area contributed by atoms with Gasteiger partial charge in [-0.05, 0) is 24.5 Å². The molecule has 1 aromatic rings. The lowest BCUT2D eigenvalue weighted by molar-refractivity contribution is -0.111. The van der Waals surface area contributed by atoms with Gasteiger partial charge in [-0.25, -0.2) is 4.98 Å². The van der Waals surface area contributed by atoms with Crippen molar-refractivity contribution in [2.75, 3.05) is 0 Å². The predicted molar refractivity (Wildman–Crippen MR) is 69.3 cm³/mol. The van der Waals surface area contributed by atoms with E-state index in [2.05, 4.69) is 27.7 Å². The number of nitrogens with zero attached hydrogens (tertiary/aromatic N) is 1. The van der Waals surface area contributed by atoms with Gasteiger partial charge in [-0.1, -0.05) is 24.0 Å². The average Bonchev–Trinajstić information content (AvgIpc) is 2.87. The second-order valence-electron chi connectivity index (χ2n) is 4.13. The first kappa shape index (κ1) is 12.0. The summed E-state index contributed by atoms with van der Waals surface area (Å²) in [7, 11) is 0. The fourth-order valence-electron chi connectivity index (χ4n) is 1.72. The first-order chi connectivity index (χ1) is 8.65. The fraction of sp³-hybridized carbons (Fsp3) is 0.200. The van der Waals surface area contributed by atoms with Crippen molar-refractivity contribution in [2.45, 2.75) is 13.3 Å². The van der Waals surface area contributed by atoms with Crippen LogP contribution in [0.2, 0.25) is 0 Å². The van der Waals surface area contributed by atoms with Gasteiger partial charge in [0.15, 0.2) is 11.6 Å². The standard InChI is InChI=1S/C15H12N2O/c1-3-15(8-6-13(18)12(2)11-15)7-4-5-14-16-9-10-17-14/h1,6,8-11H,7H2,2H3,(H,16,17). The molecule has 18 heavy (non-hydrogen) atoms. The lowest BCUT2D eigenvalue weighted by Crippen LogP contribution is -2.18. The zero-order chi connectivity index (χ0) is 13.0. The molecule has 0 spiro atoms. The minimum atomic E-state index is -0.586. The number of aromatic amines is 1. The summed E-state index contributed by atoms with van der Waals surface area (Å²) in [5.74, 6) is 9.20. The second-order valence-corrected chi connectivity index (χ2v) is 4.13. The van der Waals surface area contributed by atoms with Crippen molar-refractivity contribution in [3.63, 3.8) is 0 Å². The zero-order valence-corrected chi connectivity index (χ0v) is 10.0. The molecule has 0 saturated heterocycles. The van der Waals surface area contributed by atoms with Crippen molar-refractivity contribution in [2.24, 2.45) is 5.41 Å². The Morgan fingerprint density at radius 1 is 1.56 bits per heavy atom. The summed E-state index contributed by atoms with van der Waals surface area (Å²) >= 11 is 0. The van der Waals surface area contributed by atoms with Crippen LogP contribution in [0.25, 0.3) is 0 Å². The Bertz CT molecular complexity index is 618. The molecular formula is C15H12N2O. The molecule has 0 amide bonds. The largest absolute Gasteiger partial charge is 0.338 e. The summed E-state index contributed by atoms with van der Waals surface area (Å²) in [5, 5.41) is 0. The van der Waals surface area contributed by atoms with Crippen LogP contribution in [-0.2, 0) is 4.79 Å². The number of hydrogen-bond donors (Lipinski definition) is 1. The Labute approximate surface area is 106 Å². The van der Waals surface area contributed by atoms with Crippen LogP contribution < -0.4 is 0 Å². The van der Waals surface area contributed by atoms with Crippen molar-refractivity contribution < 1.29 is 4.79 Å². The average molecular weight is 236 g/mol. The summed E-state index contributed by atoms with van der Waals surface area (Å²) in [4.78, 5) is 18.3. The van der Waals surface area contributed by atoms with Gasteiger partial charge in [-0.2, -0.15) is 0 Å². The van der Waals surface area contributed by atoms with E-state index in [1.165, 1.54) is 6.08 Å². The van der Waals surface area contributed by atoms with Gasteiger partial charge in [0, 0.05) is 18.8 Å². The summed E-state index contributed by atoms with van der Waals surface area (Å²) < 4.78 is 0. The van der Waals surface area contributed by atoms with Gasteiger partial charge in [-0.3, -0.25) is 4.79 Å². The summed E-state index contributed by atoms with van der Waals surface area (Å²) in [6.07, 6.45) is 14.4. The van der Waals surface area contributed by atoms with Crippen molar-refractivity contribution in [1.29, 1.82) is 0 Å². The highest BCUT2D eigenvalue weighted by Crippen LogP contribution is 2.29. The van der Waals surface area contributed by atoms with Crippen LogP contribution in [-0.4, -0.2) is 15.8 Å². The van der Waals surface area contributed by atoms with Crippen LogP contribution >= 0.6 is 0 Å².